The van der Waals surface area contributed by atoms with Crippen LogP contribution in [0.3, 0.4) is 0 Å². The fraction of sp³-hybridized carbons (Fsp3) is 0.474. The zero-order chi connectivity index (χ0) is 17.8. The Morgan fingerprint density at radius 2 is 1.96 bits per heavy atom. The molecule has 0 N–H and O–H groups in total. The van der Waals surface area contributed by atoms with Gasteiger partial charge in [-0.1, -0.05) is 39.0 Å². The van der Waals surface area contributed by atoms with Crippen LogP contribution in [0.4, 0.5) is 0 Å². The first-order chi connectivity index (χ1) is 11.2. The van der Waals surface area contributed by atoms with Crippen LogP contribution in [0.2, 0.25) is 18.1 Å². The third kappa shape index (κ3) is 4.34. The lowest BCUT2D eigenvalue weighted by Gasteiger charge is -2.36. The van der Waals surface area contributed by atoms with Crippen molar-refractivity contribution >= 4 is 8.32 Å². The predicted octanol–water partition coefficient (Wildman–Crippen LogP) is 4.37. The molecule has 0 amide bonds. The van der Waals surface area contributed by atoms with Gasteiger partial charge in [0.05, 0.1) is 24.5 Å². The zero-order valence-electron chi connectivity index (χ0n) is 15.3. The van der Waals surface area contributed by atoms with Gasteiger partial charge < -0.3 is 8.99 Å². The van der Waals surface area contributed by atoms with E-state index in [0.29, 0.717) is 13.2 Å². The average molecular weight is 342 g/mol. The smallest absolute Gasteiger partial charge is 0.191 e. The Labute approximate surface area is 146 Å². The number of rotatable bonds is 6. The van der Waals surface area contributed by atoms with E-state index in [2.05, 4.69) is 49.5 Å². The third-order valence-electron chi connectivity index (χ3n) is 4.90. The molecule has 0 aliphatic rings. The van der Waals surface area contributed by atoms with Gasteiger partial charge in [0.15, 0.2) is 8.32 Å². The molecule has 1 aromatic carbocycles. The maximum Gasteiger partial charge on any atom is 0.191 e. The van der Waals surface area contributed by atoms with Crippen LogP contribution in [0.1, 0.15) is 37.6 Å². The summed E-state index contributed by atoms with van der Waals surface area (Å²) in [5, 5.41) is 9.45. The molecule has 5 heteroatoms. The second-order valence-electron chi connectivity index (χ2n) is 7.64. The molecule has 128 valence electrons. The van der Waals surface area contributed by atoms with E-state index in [9.17, 15) is 5.26 Å². The van der Waals surface area contributed by atoms with E-state index in [0.717, 1.165) is 23.2 Å². The van der Waals surface area contributed by atoms with Crippen molar-refractivity contribution in [3.63, 3.8) is 0 Å². The first-order valence-electron chi connectivity index (χ1n) is 8.35. The van der Waals surface area contributed by atoms with Crippen LogP contribution < -0.4 is 0 Å². The minimum atomic E-state index is -1.72. The van der Waals surface area contributed by atoms with E-state index in [4.69, 9.17) is 4.43 Å². The molecule has 0 unspecified atom stereocenters. The molecule has 1 heterocycles. The van der Waals surface area contributed by atoms with E-state index in [1.165, 1.54) is 0 Å². The maximum atomic E-state index is 9.23. The molecule has 0 fully saturated rings. The molecule has 0 saturated carbocycles. The van der Waals surface area contributed by atoms with Crippen molar-refractivity contribution < 1.29 is 4.43 Å². The topological polar surface area (TPSA) is 50.8 Å². The molecular weight excluding hydrogens is 314 g/mol. The van der Waals surface area contributed by atoms with E-state index in [-0.39, 0.29) is 5.04 Å². The minimum Gasteiger partial charge on any atom is -0.416 e. The van der Waals surface area contributed by atoms with Crippen LogP contribution in [0.5, 0.6) is 0 Å². The fourth-order valence-corrected chi connectivity index (χ4v) is 3.32. The highest BCUT2D eigenvalue weighted by molar-refractivity contribution is 6.74. The lowest BCUT2D eigenvalue weighted by molar-refractivity contribution is 0.289. The summed E-state index contributed by atoms with van der Waals surface area (Å²) in [6.07, 6.45) is 4.56. The highest BCUT2D eigenvalue weighted by Crippen LogP contribution is 2.36. The van der Waals surface area contributed by atoms with Crippen molar-refractivity contribution in [1.29, 1.82) is 5.26 Å². The van der Waals surface area contributed by atoms with Gasteiger partial charge in [0.2, 0.25) is 0 Å². The third-order valence-corrected chi connectivity index (χ3v) is 9.44. The Morgan fingerprint density at radius 1 is 1.25 bits per heavy atom. The summed E-state index contributed by atoms with van der Waals surface area (Å²) in [4.78, 5) is 4.27. The SMILES string of the molecule is CC(C)(C)[Si](C)(C)OCCc1cncn1Cc1ccccc1C#N. The summed E-state index contributed by atoms with van der Waals surface area (Å²) in [5.74, 6) is 0. The molecule has 2 rings (SSSR count). The number of hydrogen-bond donors (Lipinski definition) is 0. The van der Waals surface area contributed by atoms with Gasteiger partial charge in [0.25, 0.3) is 0 Å². The molecule has 0 radical (unpaired) electrons. The van der Waals surface area contributed by atoms with Gasteiger partial charge >= 0.3 is 0 Å². The van der Waals surface area contributed by atoms with Gasteiger partial charge in [-0.15, -0.1) is 0 Å². The quantitative estimate of drug-likeness (QED) is 0.733. The molecule has 0 aliphatic heterocycles. The predicted molar refractivity (Wildman–Crippen MR) is 99.3 cm³/mol. The van der Waals surface area contributed by atoms with E-state index < -0.39 is 8.32 Å². The van der Waals surface area contributed by atoms with Crippen LogP contribution in [0.15, 0.2) is 36.8 Å². The molecule has 0 aliphatic carbocycles. The monoisotopic (exact) mass is 341 g/mol. The molecule has 0 saturated heterocycles. The molecule has 0 atom stereocenters. The first-order valence-corrected chi connectivity index (χ1v) is 11.3. The summed E-state index contributed by atoms with van der Waals surface area (Å²) >= 11 is 0. The Balaban J connectivity index is 2.03. The lowest BCUT2D eigenvalue weighted by atomic mass is 10.1. The number of aromatic nitrogens is 2. The summed E-state index contributed by atoms with van der Waals surface area (Å²) in [6, 6.07) is 9.96. The van der Waals surface area contributed by atoms with E-state index >= 15 is 0 Å². The van der Waals surface area contributed by atoms with Gasteiger partial charge in [-0.2, -0.15) is 5.26 Å². The van der Waals surface area contributed by atoms with Crippen LogP contribution in [-0.2, 0) is 17.4 Å². The van der Waals surface area contributed by atoms with Gasteiger partial charge in [0, 0.05) is 24.9 Å². The van der Waals surface area contributed by atoms with E-state index in [1.54, 1.807) is 0 Å². The Hall–Kier alpha value is -1.90. The van der Waals surface area contributed by atoms with Crippen LogP contribution in [-0.4, -0.2) is 24.5 Å². The number of hydrogen-bond acceptors (Lipinski definition) is 3. The number of benzene rings is 1. The molecule has 4 nitrogen and oxygen atoms in total. The number of nitrogens with zero attached hydrogens (tertiary/aromatic N) is 3. The van der Waals surface area contributed by atoms with Crippen molar-refractivity contribution in [2.45, 2.75) is 51.9 Å². The molecule has 2 aromatic rings. The van der Waals surface area contributed by atoms with Crippen LogP contribution in [0, 0.1) is 11.3 Å². The van der Waals surface area contributed by atoms with Crippen LogP contribution in [0.25, 0.3) is 0 Å². The fourth-order valence-electron chi connectivity index (χ4n) is 2.28. The maximum absolute atomic E-state index is 9.23. The molecule has 0 bridgehead atoms. The standard InChI is InChI=1S/C19H27N3OSi/c1-19(2,3)24(4,5)23-11-10-18-13-21-15-22(18)14-17-9-7-6-8-16(17)12-20/h6-9,13,15H,10-11,14H2,1-5H3. The van der Waals surface area contributed by atoms with Crippen molar-refractivity contribution in [2.24, 2.45) is 0 Å². The Bertz CT molecular complexity index is 723. The molecule has 24 heavy (non-hydrogen) atoms. The van der Waals surface area contributed by atoms with Crippen molar-refractivity contribution in [2.75, 3.05) is 6.61 Å². The van der Waals surface area contributed by atoms with Crippen molar-refractivity contribution in [3.8, 4) is 6.07 Å². The van der Waals surface area contributed by atoms with E-state index in [1.807, 2.05) is 36.8 Å². The van der Waals surface area contributed by atoms with Crippen molar-refractivity contribution in [3.05, 3.63) is 53.6 Å². The zero-order valence-corrected chi connectivity index (χ0v) is 16.3. The lowest BCUT2D eigenvalue weighted by Crippen LogP contribution is -2.41. The highest BCUT2D eigenvalue weighted by atomic mass is 28.4. The molecular formula is C19H27N3OSi. The average Bonchev–Trinajstić information content (AvgIpc) is 2.94. The first kappa shape index (κ1) is 18.4. The second kappa shape index (κ2) is 7.33. The number of nitriles is 1. The highest BCUT2D eigenvalue weighted by Gasteiger charge is 2.36. The number of imidazole rings is 1. The van der Waals surface area contributed by atoms with Crippen LogP contribution >= 0.6 is 0 Å². The summed E-state index contributed by atoms with van der Waals surface area (Å²) in [7, 11) is -1.72. The summed E-state index contributed by atoms with van der Waals surface area (Å²) in [6.45, 7) is 12.7. The van der Waals surface area contributed by atoms with Gasteiger partial charge in [-0.05, 0) is 29.8 Å². The second-order valence-corrected chi connectivity index (χ2v) is 12.4. The summed E-state index contributed by atoms with van der Waals surface area (Å²) in [5.41, 5.74) is 2.88. The Morgan fingerprint density at radius 3 is 2.62 bits per heavy atom. The normalized spacial score (nSPS) is 12.2. The molecule has 0 spiro atoms. The van der Waals surface area contributed by atoms with Gasteiger partial charge in [-0.3, -0.25) is 0 Å². The minimum absolute atomic E-state index is 0.221. The largest absolute Gasteiger partial charge is 0.416 e. The molecule has 1 aromatic heterocycles. The van der Waals surface area contributed by atoms with Gasteiger partial charge in [0.1, 0.15) is 0 Å². The Kier molecular flexibility index (Phi) is 5.63. The summed E-state index contributed by atoms with van der Waals surface area (Å²) < 4.78 is 8.37. The van der Waals surface area contributed by atoms with Gasteiger partial charge in [-0.25, -0.2) is 4.98 Å². The van der Waals surface area contributed by atoms with Crippen molar-refractivity contribution in [1.82, 2.24) is 9.55 Å².